The zero-order valence-corrected chi connectivity index (χ0v) is 13.1. The summed E-state index contributed by atoms with van der Waals surface area (Å²) >= 11 is 0. The van der Waals surface area contributed by atoms with Crippen molar-refractivity contribution >= 4 is 18.2 Å². The van der Waals surface area contributed by atoms with E-state index in [1.807, 2.05) is 30.3 Å². The fourth-order valence-electron chi connectivity index (χ4n) is 2.10. The van der Waals surface area contributed by atoms with E-state index in [4.69, 9.17) is 6.85 Å². The standard InChI is InChI=1S/C18H21NO2.ClH/c1-15(18(21)17-10-6-3-7-11-17)19(12-13-20)14-16-8-4-2-5-9-16;/h2-11,15,20H,12-14H2,1H3;1H/i3D,6D,7D,10D,11D;. The molecular weight excluding hydrogens is 298 g/mol. The van der Waals surface area contributed by atoms with E-state index in [2.05, 4.69) is 0 Å². The SMILES string of the molecule is Cl.[2H]c1c([2H])c([2H])c(C(=O)C(C)N(CCO)Cc2ccccc2)c([2H])c1[2H]. The number of hydrogen-bond donors (Lipinski definition) is 1. The van der Waals surface area contributed by atoms with Gasteiger partial charge in [0.2, 0.25) is 0 Å². The Hall–Kier alpha value is -1.68. The Bertz CT molecular complexity index is 775. The molecule has 118 valence electrons. The highest BCUT2D eigenvalue weighted by Gasteiger charge is 2.22. The number of benzene rings is 2. The number of halogens is 1. The average Bonchev–Trinajstić information content (AvgIpc) is 2.64. The molecule has 0 bridgehead atoms. The topological polar surface area (TPSA) is 40.5 Å². The van der Waals surface area contributed by atoms with Crippen LogP contribution in [-0.4, -0.2) is 35.0 Å². The highest BCUT2D eigenvalue weighted by molar-refractivity contribution is 5.99. The second kappa shape index (κ2) is 9.36. The van der Waals surface area contributed by atoms with Crippen LogP contribution in [0.4, 0.5) is 0 Å². The van der Waals surface area contributed by atoms with Crippen LogP contribution in [0.2, 0.25) is 0 Å². The minimum atomic E-state index is -0.758. The van der Waals surface area contributed by atoms with E-state index in [1.165, 1.54) is 0 Å². The Morgan fingerprint density at radius 3 is 2.45 bits per heavy atom. The number of carbonyl (C=O) groups is 1. The van der Waals surface area contributed by atoms with Gasteiger partial charge in [0.15, 0.2) is 5.78 Å². The van der Waals surface area contributed by atoms with Gasteiger partial charge in [0.25, 0.3) is 0 Å². The summed E-state index contributed by atoms with van der Waals surface area (Å²) in [6.07, 6.45) is 0. The van der Waals surface area contributed by atoms with Gasteiger partial charge < -0.3 is 5.11 Å². The smallest absolute Gasteiger partial charge is 0.179 e. The lowest BCUT2D eigenvalue weighted by molar-refractivity contribution is 0.0794. The van der Waals surface area contributed by atoms with Crippen molar-refractivity contribution in [2.75, 3.05) is 13.2 Å². The molecule has 4 heteroatoms. The molecule has 0 saturated heterocycles. The molecule has 2 aromatic carbocycles. The summed E-state index contributed by atoms with van der Waals surface area (Å²) in [6, 6.07) is 6.05. The number of aliphatic hydroxyl groups is 1. The quantitative estimate of drug-likeness (QED) is 0.795. The average molecular weight is 325 g/mol. The van der Waals surface area contributed by atoms with Crippen LogP contribution in [0.15, 0.2) is 60.5 Å². The van der Waals surface area contributed by atoms with Gasteiger partial charge in [0.05, 0.1) is 19.5 Å². The predicted octanol–water partition coefficient (Wildman–Crippen LogP) is 3.17. The van der Waals surface area contributed by atoms with Gasteiger partial charge in [-0.1, -0.05) is 60.5 Å². The zero-order chi connectivity index (χ0) is 19.4. The van der Waals surface area contributed by atoms with Crippen LogP contribution in [0.1, 0.15) is 29.7 Å². The van der Waals surface area contributed by atoms with Gasteiger partial charge in [-0.2, -0.15) is 0 Å². The highest BCUT2D eigenvalue weighted by Crippen LogP contribution is 2.12. The van der Waals surface area contributed by atoms with Crippen LogP contribution in [-0.2, 0) is 6.54 Å². The van der Waals surface area contributed by atoms with E-state index in [-0.39, 0.29) is 31.1 Å². The number of ketones is 1. The van der Waals surface area contributed by atoms with Crippen LogP contribution >= 0.6 is 12.4 Å². The first-order valence-corrected chi connectivity index (χ1v) is 6.79. The highest BCUT2D eigenvalue weighted by atomic mass is 35.5. The van der Waals surface area contributed by atoms with E-state index in [1.54, 1.807) is 11.8 Å². The van der Waals surface area contributed by atoms with Crippen molar-refractivity contribution in [2.24, 2.45) is 0 Å². The molecule has 1 atom stereocenters. The summed E-state index contributed by atoms with van der Waals surface area (Å²) in [5, 5.41) is 9.34. The molecule has 2 rings (SSSR count). The lowest BCUT2D eigenvalue weighted by atomic mass is 10.0. The summed E-state index contributed by atoms with van der Waals surface area (Å²) < 4.78 is 39.0. The third kappa shape index (κ3) is 4.95. The van der Waals surface area contributed by atoms with Gasteiger partial charge in [0, 0.05) is 18.7 Å². The minimum absolute atomic E-state index is 0. The van der Waals surface area contributed by atoms with Crippen LogP contribution in [0.5, 0.6) is 0 Å². The summed E-state index contributed by atoms with van der Waals surface area (Å²) in [7, 11) is 0. The maximum Gasteiger partial charge on any atom is 0.179 e. The van der Waals surface area contributed by atoms with Crippen molar-refractivity contribution in [1.82, 2.24) is 4.90 Å². The van der Waals surface area contributed by atoms with Crippen LogP contribution in [0.25, 0.3) is 0 Å². The lowest BCUT2D eigenvalue weighted by Crippen LogP contribution is -2.40. The van der Waals surface area contributed by atoms with E-state index in [9.17, 15) is 9.90 Å². The van der Waals surface area contributed by atoms with Crippen molar-refractivity contribution in [3.8, 4) is 0 Å². The summed E-state index contributed by atoms with van der Waals surface area (Å²) in [5.41, 5.74) is 0.626. The summed E-state index contributed by atoms with van der Waals surface area (Å²) in [4.78, 5) is 14.6. The molecule has 1 unspecified atom stereocenters. The van der Waals surface area contributed by atoms with Crippen LogP contribution < -0.4 is 0 Å². The number of aliphatic hydroxyl groups excluding tert-OH is 1. The molecule has 1 N–H and O–H groups in total. The number of hydrogen-bond acceptors (Lipinski definition) is 3. The molecule has 0 aliphatic rings. The molecule has 0 heterocycles. The van der Waals surface area contributed by atoms with Crippen LogP contribution in [0, 0.1) is 0 Å². The fraction of sp³-hybridized carbons (Fsp3) is 0.278. The van der Waals surface area contributed by atoms with Gasteiger partial charge in [0.1, 0.15) is 0 Å². The molecule has 0 aromatic heterocycles. The van der Waals surface area contributed by atoms with E-state index in [0.29, 0.717) is 6.54 Å². The number of nitrogens with zero attached hydrogens (tertiary/aromatic N) is 1. The molecule has 0 spiro atoms. The summed E-state index contributed by atoms with van der Waals surface area (Å²) in [6.45, 7) is 2.07. The molecule has 2 aromatic rings. The first kappa shape index (κ1) is 11.8. The number of carbonyl (C=O) groups excluding carboxylic acids is 1. The molecule has 3 nitrogen and oxygen atoms in total. The molecule has 0 aliphatic carbocycles. The van der Waals surface area contributed by atoms with Crippen molar-refractivity contribution in [1.29, 1.82) is 0 Å². The monoisotopic (exact) mass is 324 g/mol. The molecule has 22 heavy (non-hydrogen) atoms. The molecular formula is C18H22ClNO2. The minimum Gasteiger partial charge on any atom is -0.395 e. The Morgan fingerprint density at radius 1 is 1.23 bits per heavy atom. The second-order valence-electron chi connectivity index (χ2n) is 4.72. The molecule has 0 saturated carbocycles. The predicted molar refractivity (Wildman–Crippen MR) is 91.4 cm³/mol. The van der Waals surface area contributed by atoms with E-state index >= 15 is 0 Å². The molecule has 0 amide bonds. The van der Waals surface area contributed by atoms with E-state index in [0.717, 1.165) is 5.56 Å². The molecule has 0 radical (unpaired) electrons. The van der Waals surface area contributed by atoms with E-state index < -0.39 is 42.0 Å². The Labute approximate surface area is 145 Å². The zero-order valence-electron chi connectivity index (χ0n) is 17.3. The first-order valence-electron chi connectivity index (χ1n) is 9.29. The normalized spacial score (nSPS) is 15.0. The maximum absolute atomic E-state index is 12.9. The number of Topliss-reactive ketones (excluding diaryl/α,β-unsaturated/α-hetero) is 1. The van der Waals surface area contributed by atoms with Gasteiger partial charge in [-0.25, -0.2) is 0 Å². The third-order valence-electron chi connectivity index (χ3n) is 3.29. The van der Waals surface area contributed by atoms with Crippen molar-refractivity contribution in [3.05, 3.63) is 71.7 Å². The van der Waals surface area contributed by atoms with Crippen LogP contribution in [0.3, 0.4) is 0 Å². The van der Waals surface area contributed by atoms with Gasteiger partial charge in [-0.05, 0) is 12.5 Å². The van der Waals surface area contributed by atoms with Crippen molar-refractivity contribution < 1.29 is 16.8 Å². The van der Waals surface area contributed by atoms with Crippen molar-refractivity contribution in [3.63, 3.8) is 0 Å². The lowest BCUT2D eigenvalue weighted by Gasteiger charge is -2.27. The van der Waals surface area contributed by atoms with Gasteiger partial charge in [-0.15, -0.1) is 12.4 Å². The number of rotatable bonds is 7. The van der Waals surface area contributed by atoms with Gasteiger partial charge >= 0.3 is 0 Å². The Kier molecular flexibility index (Phi) is 5.03. The Balaban J connectivity index is 0.00000364. The summed E-state index contributed by atoms with van der Waals surface area (Å²) in [5.74, 6) is -0.564. The third-order valence-corrected chi connectivity index (χ3v) is 3.29. The first-order chi connectivity index (χ1) is 12.3. The largest absolute Gasteiger partial charge is 0.395 e. The van der Waals surface area contributed by atoms with Gasteiger partial charge in [-0.3, -0.25) is 9.69 Å². The molecule has 0 fully saturated rings. The van der Waals surface area contributed by atoms with Crippen molar-refractivity contribution in [2.45, 2.75) is 19.5 Å². The molecule has 0 aliphatic heterocycles. The fourth-order valence-corrected chi connectivity index (χ4v) is 2.10. The Morgan fingerprint density at radius 2 is 1.86 bits per heavy atom. The maximum atomic E-state index is 12.9. The second-order valence-corrected chi connectivity index (χ2v) is 4.72.